The molecular weight excluding hydrogens is 826 g/mol. The Labute approximate surface area is 354 Å². The third-order valence-electron chi connectivity index (χ3n) is 11.9. The Morgan fingerprint density at radius 1 is 0.935 bits per heavy atom. The van der Waals surface area contributed by atoms with Gasteiger partial charge in [-0.05, 0) is 72.0 Å². The molecule has 3 saturated heterocycles. The van der Waals surface area contributed by atoms with Gasteiger partial charge in [-0.1, -0.05) is 30.4 Å². The summed E-state index contributed by atoms with van der Waals surface area (Å²) in [6, 6.07) is 16.3. The molecule has 3 fully saturated rings. The third kappa shape index (κ3) is 7.96. The predicted molar refractivity (Wildman–Crippen MR) is 225 cm³/mol. The number of hydrogen-bond donors (Lipinski definition) is 3. The van der Waals surface area contributed by atoms with Crippen LogP contribution < -0.4 is 14.9 Å². The number of aromatic amines is 1. The number of piperidine rings is 1. The minimum atomic E-state index is -4.36. The van der Waals surface area contributed by atoms with Crippen molar-refractivity contribution in [2.24, 2.45) is 0 Å². The van der Waals surface area contributed by atoms with Crippen LogP contribution in [0.4, 0.5) is 24.5 Å². The van der Waals surface area contributed by atoms with E-state index in [1.807, 2.05) is 47.2 Å². The van der Waals surface area contributed by atoms with Gasteiger partial charge in [0.2, 0.25) is 17.6 Å². The molecule has 4 aliphatic heterocycles. The van der Waals surface area contributed by atoms with Crippen LogP contribution in [0.2, 0.25) is 0 Å². The summed E-state index contributed by atoms with van der Waals surface area (Å²) in [7, 11) is -4.36. The van der Waals surface area contributed by atoms with E-state index in [0.717, 1.165) is 71.5 Å². The van der Waals surface area contributed by atoms with Crippen molar-refractivity contribution in [1.29, 1.82) is 0 Å². The molecular formula is C44H41F3N8O6S. The van der Waals surface area contributed by atoms with Crippen LogP contribution in [0.15, 0.2) is 79.1 Å². The highest BCUT2D eigenvalue weighted by Gasteiger charge is 2.39. The molecule has 2 atom stereocenters. The second kappa shape index (κ2) is 16.5. The zero-order valence-corrected chi connectivity index (χ0v) is 34.1. The largest absolute Gasteiger partial charge is 0.369 e. The lowest BCUT2D eigenvalue weighted by atomic mass is 9.99. The fraction of sp³-hybridized carbons (Fsp3) is 0.295. The number of nitrogens with zero attached hydrogens (tertiary/aromatic N) is 5. The molecule has 0 spiro atoms. The second-order valence-electron chi connectivity index (χ2n) is 15.8. The van der Waals surface area contributed by atoms with E-state index in [2.05, 4.69) is 31.2 Å². The first-order chi connectivity index (χ1) is 29.8. The smallest absolute Gasteiger partial charge is 0.301 e. The van der Waals surface area contributed by atoms with Crippen molar-refractivity contribution in [3.63, 3.8) is 0 Å². The van der Waals surface area contributed by atoms with Gasteiger partial charge in [0.15, 0.2) is 5.82 Å². The molecule has 0 saturated carbocycles. The number of carbonyl (C=O) groups excluding carboxylic acids is 4. The van der Waals surface area contributed by atoms with Gasteiger partial charge in [0, 0.05) is 98.9 Å². The Morgan fingerprint density at radius 2 is 1.73 bits per heavy atom. The molecule has 0 radical (unpaired) electrons. The molecule has 320 valence electrons. The number of imide groups is 1. The van der Waals surface area contributed by atoms with Gasteiger partial charge in [-0.3, -0.25) is 34.1 Å². The van der Waals surface area contributed by atoms with Gasteiger partial charge in [0.25, 0.3) is 5.91 Å². The lowest BCUT2D eigenvalue weighted by Crippen LogP contribution is -2.52. The maximum absolute atomic E-state index is 15.7. The minimum Gasteiger partial charge on any atom is -0.369 e. The summed E-state index contributed by atoms with van der Waals surface area (Å²) >= 11 is 0. The molecule has 3 amide bonds. The molecule has 3 N–H and O–H groups in total. The topological polar surface area (TPSA) is 168 Å². The average molecular weight is 867 g/mol. The summed E-state index contributed by atoms with van der Waals surface area (Å²) in [6.07, 6.45) is 6.25. The van der Waals surface area contributed by atoms with Gasteiger partial charge in [-0.2, -0.15) is 12.7 Å². The van der Waals surface area contributed by atoms with Crippen LogP contribution in [0.5, 0.6) is 0 Å². The maximum Gasteiger partial charge on any atom is 0.301 e. The number of amides is 3. The minimum absolute atomic E-state index is 0.000437. The molecule has 5 aromatic rings. The molecule has 2 aromatic heterocycles. The van der Waals surface area contributed by atoms with E-state index >= 15 is 8.78 Å². The molecule has 0 bridgehead atoms. The summed E-state index contributed by atoms with van der Waals surface area (Å²) < 4.78 is 72.9. The first kappa shape index (κ1) is 41.0. The molecule has 9 rings (SSSR count). The fourth-order valence-corrected chi connectivity index (χ4v) is 9.79. The Balaban J connectivity index is 0.815. The number of fused-ring (bicyclic) bond motifs is 2. The van der Waals surface area contributed by atoms with E-state index in [-0.39, 0.29) is 36.8 Å². The van der Waals surface area contributed by atoms with Crippen LogP contribution in [0.25, 0.3) is 28.2 Å². The van der Waals surface area contributed by atoms with Gasteiger partial charge in [-0.25, -0.2) is 18.2 Å². The van der Waals surface area contributed by atoms with Crippen LogP contribution in [0.3, 0.4) is 0 Å². The highest BCUT2D eigenvalue weighted by molar-refractivity contribution is 7.90. The first-order valence-corrected chi connectivity index (χ1v) is 21.7. The van der Waals surface area contributed by atoms with E-state index in [1.54, 1.807) is 23.2 Å². The highest BCUT2D eigenvalue weighted by Crippen LogP contribution is 2.32. The molecule has 62 heavy (non-hydrogen) atoms. The Hall–Kier alpha value is -6.37. The number of anilines is 2. The van der Waals surface area contributed by atoms with Gasteiger partial charge < -0.3 is 14.8 Å². The number of carbonyl (C=O) groups is 4. The van der Waals surface area contributed by atoms with Gasteiger partial charge in [-0.15, -0.1) is 0 Å². The number of aromatic nitrogens is 2. The van der Waals surface area contributed by atoms with Crippen molar-refractivity contribution in [2.75, 3.05) is 55.4 Å². The summed E-state index contributed by atoms with van der Waals surface area (Å²) in [6.45, 7) is 3.87. The molecule has 6 heterocycles. The van der Waals surface area contributed by atoms with E-state index < -0.39 is 63.5 Å². The van der Waals surface area contributed by atoms with Crippen molar-refractivity contribution in [3.05, 3.63) is 119 Å². The molecule has 0 unspecified atom stereocenters. The highest BCUT2D eigenvalue weighted by atomic mass is 32.2. The van der Waals surface area contributed by atoms with Crippen molar-refractivity contribution < 1.29 is 40.8 Å². The van der Waals surface area contributed by atoms with Crippen LogP contribution in [0.1, 0.15) is 56.7 Å². The number of ketones is 1. The zero-order valence-electron chi connectivity index (χ0n) is 33.2. The molecule has 14 nitrogen and oxygen atoms in total. The number of pyridine rings is 1. The van der Waals surface area contributed by atoms with E-state index in [4.69, 9.17) is 0 Å². The normalized spacial score (nSPS) is 20.1. The maximum atomic E-state index is 15.7. The summed E-state index contributed by atoms with van der Waals surface area (Å²) in [5, 5.41) is 2.65. The van der Waals surface area contributed by atoms with Crippen molar-refractivity contribution in [1.82, 2.24) is 29.4 Å². The van der Waals surface area contributed by atoms with Crippen LogP contribution >= 0.6 is 0 Å². The number of nitrogens with one attached hydrogen (secondary N) is 3. The Bertz CT molecular complexity index is 2770. The van der Waals surface area contributed by atoms with Crippen LogP contribution in [-0.2, 0) is 26.3 Å². The van der Waals surface area contributed by atoms with Gasteiger partial charge in [0.1, 0.15) is 23.7 Å². The number of benzene rings is 3. The lowest BCUT2D eigenvalue weighted by molar-refractivity contribution is -0.136. The Kier molecular flexibility index (Phi) is 10.9. The van der Waals surface area contributed by atoms with E-state index in [9.17, 15) is 32.0 Å². The second-order valence-corrected chi connectivity index (χ2v) is 17.5. The van der Waals surface area contributed by atoms with Crippen LogP contribution in [0, 0.1) is 11.6 Å². The molecule has 0 aliphatic carbocycles. The predicted octanol–water partition coefficient (Wildman–Crippen LogP) is 5.04. The number of hydrogen-bond acceptors (Lipinski definition) is 9. The number of H-pyrrole nitrogens is 1. The number of alkyl halides is 1. The van der Waals surface area contributed by atoms with E-state index in [1.165, 1.54) is 6.20 Å². The lowest BCUT2D eigenvalue weighted by Gasteiger charge is -2.35. The van der Waals surface area contributed by atoms with Gasteiger partial charge in [0.05, 0.1) is 11.3 Å². The van der Waals surface area contributed by atoms with Crippen molar-refractivity contribution >= 4 is 62.2 Å². The number of piperazine rings is 1. The first-order valence-electron chi connectivity index (χ1n) is 20.3. The third-order valence-corrected chi connectivity index (χ3v) is 13.4. The summed E-state index contributed by atoms with van der Waals surface area (Å²) in [5.74, 6) is -4.52. The number of rotatable bonds is 11. The SMILES string of the molecule is O=C1CC[C@H](N2Cc3cc(/C=C/CN4CCN(c5ccc(-c6cnc7[nH]cc(C(=O)c8c(F)ccc(NS(=O)(=O)N9CC[C@@H](F)C9)c8F)c7c6)cc5)CC4)ccc3C2=O)C(=O)N1. The average Bonchev–Trinajstić information content (AvgIpc) is 3.99. The molecule has 18 heteroatoms. The zero-order chi connectivity index (χ0) is 43.3. The Morgan fingerprint density at radius 3 is 2.47 bits per heavy atom. The van der Waals surface area contributed by atoms with E-state index in [0.29, 0.717) is 35.1 Å². The quantitative estimate of drug-likeness (QED) is 0.122. The van der Waals surface area contributed by atoms with Crippen LogP contribution in [-0.4, -0.2) is 114 Å². The number of halogens is 3. The van der Waals surface area contributed by atoms with Gasteiger partial charge >= 0.3 is 10.2 Å². The monoisotopic (exact) mass is 866 g/mol. The fourth-order valence-electron chi connectivity index (χ4n) is 8.52. The molecule has 3 aromatic carbocycles. The molecule has 4 aliphatic rings. The standard InChI is InChI=1S/C44H41F3N8O6S/c45-30-13-15-54(25-30)62(60,61)51-36-10-9-35(46)39(40(36)47)41(57)34-23-49-42-33(34)21-28(22-48-42)27-4-6-31(7-5-27)53-18-16-52(17-19-53)14-1-2-26-3-8-32-29(20-26)24-55(44(32)59)37-11-12-38(56)50-43(37)58/h1-10,20-23,30,37,51H,11-19,24-25H2,(H,48,49)(H,50,56,58)/b2-1+/t30-,37+/m1/s1. The van der Waals surface area contributed by atoms with Crippen molar-refractivity contribution in [2.45, 2.75) is 38.0 Å². The summed E-state index contributed by atoms with van der Waals surface area (Å²) in [4.78, 5) is 64.2. The van der Waals surface area contributed by atoms with Crippen molar-refractivity contribution in [3.8, 4) is 11.1 Å². The summed E-state index contributed by atoms with van der Waals surface area (Å²) in [5.41, 5.74) is 3.58.